The third kappa shape index (κ3) is 3.81. The normalized spacial score (nSPS) is 42.4. The SMILES string of the molecule is C[C@H](CC(=O)C[C@](C)(O)C1=C[C@H](O)[C@@]2(C)C3=C(C(=O)C[C@]12C)[C@@]1(C)CC[C@H](O)C(C)(C)[C@H]1C[C@@H]3O)C(=O)O. The molecule has 38 heavy (non-hydrogen) atoms. The van der Waals surface area contributed by atoms with Gasteiger partial charge in [-0.25, -0.2) is 0 Å². The second-order valence-corrected chi connectivity index (χ2v) is 14.0. The zero-order chi connectivity index (χ0) is 28.8. The number of carbonyl (C=O) groups excluding carboxylic acids is 2. The van der Waals surface area contributed by atoms with Gasteiger partial charge >= 0.3 is 5.97 Å². The third-order valence-electron chi connectivity index (χ3n) is 11.2. The number of allylic oxidation sites excluding steroid dienone is 1. The van der Waals surface area contributed by atoms with Gasteiger partial charge in [0, 0.05) is 35.7 Å². The lowest BCUT2D eigenvalue weighted by Gasteiger charge is -2.62. The van der Waals surface area contributed by atoms with E-state index in [0.717, 1.165) is 0 Å². The Balaban J connectivity index is 1.79. The van der Waals surface area contributed by atoms with Gasteiger partial charge in [-0.2, -0.15) is 0 Å². The second-order valence-electron chi connectivity index (χ2n) is 14.0. The summed E-state index contributed by atoms with van der Waals surface area (Å²) in [7, 11) is 0. The number of rotatable bonds is 6. The highest BCUT2D eigenvalue weighted by Gasteiger charge is 2.69. The number of ketones is 2. The molecule has 5 N–H and O–H groups in total. The van der Waals surface area contributed by atoms with Crippen molar-refractivity contribution in [3.05, 3.63) is 22.8 Å². The van der Waals surface area contributed by atoms with E-state index in [1.54, 1.807) is 0 Å². The molecule has 0 aromatic rings. The summed E-state index contributed by atoms with van der Waals surface area (Å²) in [6.07, 6.45) is -0.232. The van der Waals surface area contributed by atoms with E-state index in [1.807, 2.05) is 34.6 Å². The molecule has 0 aromatic carbocycles. The van der Waals surface area contributed by atoms with Crippen molar-refractivity contribution in [1.29, 1.82) is 0 Å². The summed E-state index contributed by atoms with van der Waals surface area (Å²) < 4.78 is 0. The molecule has 0 heterocycles. The van der Waals surface area contributed by atoms with E-state index >= 15 is 0 Å². The van der Waals surface area contributed by atoms with Crippen LogP contribution < -0.4 is 0 Å². The van der Waals surface area contributed by atoms with Gasteiger partial charge in [-0.1, -0.05) is 47.6 Å². The molecule has 0 aromatic heterocycles. The average Bonchev–Trinajstić information content (AvgIpc) is 2.99. The predicted molar refractivity (Wildman–Crippen MR) is 140 cm³/mol. The van der Waals surface area contributed by atoms with Crippen LogP contribution >= 0.6 is 0 Å². The molecule has 8 nitrogen and oxygen atoms in total. The van der Waals surface area contributed by atoms with Crippen LogP contribution in [0, 0.1) is 33.5 Å². The fraction of sp³-hybridized carbons (Fsp3) is 0.767. The molecular formula is C30H44O8. The molecule has 8 heteroatoms. The number of aliphatic carboxylic acids is 1. The lowest BCUT2D eigenvalue weighted by Crippen LogP contribution is -2.61. The van der Waals surface area contributed by atoms with Gasteiger partial charge < -0.3 is 25.5 Å². The van der Waals surface area contributed by atoms with E-state index in [4.69, 9.17) is 0 Å². The zero-order valence-electron chi connectivity index (χ0n) is 23.7. The average molecular weight is 533 g/mol. The van der Waals surface area contributed by atoms with E-state index < -0.39 is 63.2 Å². The Bertz CT molecular complexity index is 1130. The fourth-order valence-corrected chi connectivity index (χ4v) is 8.80. The number of Topliss-reactive ketones (excluding diaryl/α,β-unsaturated/α-hetero) is 2. The van der Waals surface area contributed by atoms with Crippen LogP contribution in [0.25, 0.3) is 0 Å². The minimum Gasteiger partial charge on any atom is -0.481 e. The Morgan fingerprint density at radius 3 is 2.32 bits per heavy atom. The molecule has 9 atom stereocenters. The van der Waals surface area contributed by atoms with Gasteiger partial charge in [0.2, 0.25) is 0 Å². The Labute approximate surface area is 224 Å². The maximum Gasteiger partial charge on any atom is 0.306 e. The van der Waals surface area contributed by atoms with Gasteiger partial charge in [-0.05, 0) is 54.1 Å². The smallest absolute Gasteiger partial charge is 0.306 e. The van der Waals surface area contributed by atoms with Gasteiger partial charge in [0.15, 0.2) is 5.78 Å². The van der Waals surface area contributed by atoms with Gasteiger partial charge in [0.05, 0.1) is 29.8 Å². The Hall–Kier alpha value is -1.87. The van der Waals surface area contributed by atoms with Gasteiger partial charge in [0.1, 0.15) is 5.78 Å². The number of hydrogen-bond acceptors (Lipinski definition) is 7. The first-order valence-electron chi connectivity index (χ1n) is 13.8. The van der Waals surface area contributed by atoms with Crippen molar-refractivity contribution in [2.75, 3.05) is 0 Å². The third-order valence-corrected chi connectivity index (χ3v) is 11.2. The highest BCUT2D eigenvalue weighted by atomic mass is 16.4. The van der Waals surface area contributed by atoms with Gasteiger partial charge in [-0.15, -0.1) is 0 Å². The first-order valence-corrected chi connectivity index (χ1v) is 13.8. The van der Waals surface area contributed by atoms with Crippen LogP contribution in [-0.4, -0.2) is 67.0 Å². The number of aliphatic hydroxyl groups excluding tert-OH is 3. The van der Waals surface area contributed by atoms with Crippen molar-refractivity contribution in [3.63, 3.8) is 0 Å². The summed E-state index contributed by atoms with van der Waals surface area (Å²) in [6.45, 7) is 12.6. The van der Waals surface area contributed by atoms with Crippen molar-refractivity contribution < 1.29 is 39.9 Å². The van der Waals surface area contributed by atoms with Crippen LogP contribution in [0.15, 0.2) is 22.8 Å². The highest BCUT2D eigenvalue weighted by Crippen LogP contribution is 2.70. The minimum atomic E-state index is -1.72. The molecule has 1 saturated carbocycles. The molecule has 0 bridgehead atoms. The lowest BCUT2D eigenvalue weighted by molar-refractivity contribution is -0.143. The molecule has 4 rings (SSSR count). The summed E-state index contributed by atoms with van der Waals surface area (Å²) >= 11 is 0. The highest BCUT2D eigenvalue weighted by molar-refractivity contribution is 6.00. The number of fused-ring (bicyclic) bond motifs is 4. The number of hydrogen-bond donors (Lipinski definition) is 5. The second kappa shape index (κ2) is 8.82. The first kappa shape index (κ1) is 29.1. The summed E-state index contributed by atoms with van der Waals surface area (Å²) in [5, 5.41) is 54.7. The molecule has 0 aliphatic heterocycles. The topological polar surface area (TPSA) is 152 Å². The quantitative estimate of drug-likeness (QED) is 0.327. The molecule has 0 spiro atoms. The van der Waals surface area contributed by atoms with Crippen LogP contribution in [0.4, 0.5) is 0 Å². The number of carboxylic acids is 1. The Kier molecular flexibility index (Phi) is 6.76. The monoisotopic (exact) mass is 532 g/mol. The maximum atomic E-state index is 14.1. The van der Waals surface area contributed by atoms with Crippen molar-refractivity contribution >= 4 is 17.5 Å². The molecule has 0 saturated heterocycles. The molecule has 1 fully saturated rings. The largest absolute Gasteiger partial charge is 0.481 e. The number of carboxylic acid groups (broad SMARTS) is 1. The van der Waals surface area contributed by atoms with E-state index in [2.05, 4.69) is 0 Å². The Morgan fingerprint density at radius 2 is 1.74 bits per heavy atom. The van der Waals surface area contributed by atoms with E-state index in [0.29, 0.717) is 36.0 Å². The van der Waals surface area contributed by atoms with Crippen LogP contribution in [0.2, 0.25) is 0 Å². The van der Waals surface area contributed by atoms with Crippen LogP contribution in [-0.2, 0) is 14.4 Å². The van der Waals surface area contributed by atoms with E-state index in [9.17, 15) is 39.9 Å². The van der Waals surface area contributed by atoms with Crippen molar-refractivity contribution in [2.45, 2.75) is 111 Å². The lowest BCUT2D eigenvalue weighted by atomic mass is 9.42. The van der Waals surface area contributed by atoms with Gasteiger partial charge in [0.25, 0.3) is 0 Å². The standard InChI is InChI=1S/C30H44O8/c1-15(25(36)37)10-16(31)13-29(6,38)20-12-22(35)30(7)24-17(32)11-19-26(2,3)21(34)8-9-27(19,4)23(24)18(33)14-28(20,30)5/h12,15,17,19,21-22,32,34-35,38H,8-11,13-14H2,1-7H3,(H,36,37)/t15-,17+,19-,21+,22+,27+,28-,29+,30+/m1/s1. The van der Waals surface area contributed by atoms with Crippen LogP contribution in [0.3, 0.4) is 0 Å². The number of carbonyl (C=O) groups is 3. The summed E-state index contributed by atoms with van der Waals surface area (Å²) in [5.74, 6) is -2.68. The zero-order valence-corrected chi connectivity index (χ0v) is 23.7. The first-order chi connectivity index (χ1) is 17.2. The molecule has 212 valence electrons. The number of aliphatic hydroxyl groups is 4. The van der Waals surface area contributed by atoms with E-state index in [1.165, 1.54) is 19.9 Å². The van der Waals surface area contributed by atoms with Crippen molar-refractivity contribution in [3.8, 4) is 0 Å². The van der Waals surface area contributed by atoms with Gasteiger partial charge in [-0.3, -0.25) is 14.4 Å². The van der Waals surface area contributed by atoms with Crippen molar-refractivity contribution in [2.24, 2.45) is 33.5 Å². The summed E-state index contributed by atoms with van der Waals surface area (Å²) in [4.78, 5) is 38.0. The Morgan fingerprint density at radius 1 is 1.13 bits per heavy atom. The molecule has 0 amide bonds. The minimum absolute atomic E-state index is 0.000885. The molecule has 0 unspecified atom stereocenters. The molecule has 4 aliphatic carbocycles. The molecular weight excluding hydrogens is 488 g/mol. The summed E-state index contributed by atoms with van der Waals surface area (Å²) in [5.41, 5.74) is -3.53. The molecule has 0 radical (unpaired) electrons. The predicted octanol–water partition coefficient (Wildman–Crippen LogP) is 2.96. The summed E-state index contributed by atoms with van der Waals surface area (Å²) in [6, 6.07) is 0. The van der Waals surface area contributed by atoms with Crippen LogP contribution in [0.1, 0.15) is 87.0 Å². The van der Waals surface area contributed by atoms with Crippen molar-refractivity contribution in [1.82, 2.24) is 0 Å². The fourth-order valence-electron chi connectivity index (χ4n) is 8.80. The molecule has 4 aliphatic rings. The maximum absolute atomic E-state index is 14.1. The van der Waals surface area contributed by atoms with E-state index in [-0.39, 0.29) is 31.0 Å². The van der Waals surface area contributed by atoms with Crippen LogP contribution in [0.5, 0.6) is 0 Å².